The van der Waals surface area contributed by atoms with Crippen molar-refractivity contribution in [3.63, 3.8) is 0 Å². The number of carbonyl (C=O) groups excluding carboxylic acids is 1. The second kappa shape index (κ2) is 2.73. The zero-order valence-corrected chi connectivity index (χ0v) is 6.32. The van der Waals surface area contributed by atoms with Crippen LogP contribution in [0.25, 0.3) is 0 Å². The smallest absolute Gasteiger partial charge is 0.255 e. The van der Waals surface area contributed by atoms with Crippen LogP contribution in [0.1, 0.15) is 10.4 Å². The third kappa shape index (κ3) is 1.07. The zero-order valence-electron chi connectivity index (χ0n) is 6.32. The van der Waals surface area contributed by atoms with E-state index in [1.165, 1.54) is 0 Å². The fourth-order valence-electron chi connectivity index (χ4n) is 1.04. The molecular weight excluding hydrogens is 154 g/mol. The lowest BCUT2D eigenvalue weighted by Crippen LogP contribution is -2.23. The summed E-state index contributed by atoms with van der Waals surface area (Å²) in [7, 11) is 0. The molecule has 0 spiro atoms. The van der Waals surface area contributed by atoms with Gasteiger partial charge in [0.25, 0.3) is 5.91 Å². The van der Waals surface area contributed by atoms with Crippen LogP contribution in [0.5, 0.6) is 0 Å². The van der Waals surface area contributed by atoms with E-state index < -0.39 is 0 Å². The Morgan fingerprint density at radius 3 is 3.33 bits per heavy atom. The molecule has 0 fully saturated rings. The number of aliphatic imine (C=N–C) groups is 1. The Morgan fingerprint density at radius 2 is 2.42 bits per heavy atom. The Kier molecular flexibility index (Phi) is 1.59. The van der Waals surface area contributed by atoms with Gasteiger partial charge in [-0.15, -0.1) is 0 Å². The lowest BCUT2D eigenvalue weighted by molar-refractivity contribution is 0.0961. The first-order valence-corrected chi connectivity index (χ1v) is 3.63. The zero-order chi connectivity index (χ0) is 8.39. The molecule has 12 heavy (non-hydrogen) atoms. The van der Waals surface area contributed by atoms with Crippen LogP contribution in [0.2, 0.25) is 0 Å². The van der Waals surface area contributed by atoms with Gasteiger partial charge in [-0.3, -0.25) is 4.79 Å². The van der Waals surface area contributed by atoms with Gasteiger partial charge in [0, 0.05) is 12.4 Å². The fourth-order valence-corrected chi connectivity index (χ4v) is 1.04. The van der Waals surface area contributed by atoms with Crippen LogP contribution < -0.4 is 5.32 Å². The molecule has 0 aromatic carbocycles. The first kappa shape index (κ1) is 6.97. The highest BCUT2D eigenvalue weighted by Gasteiger charge is 2.12. The van der Waals surface area contributed by atoms with Crippen molar-refractivity contribution in [1.82, 2.24) is 10.3 Å². The number of fused-ring (bicyclic) bond motifs is 1. The molecule has 2 heterocycles. The van der Waals surface area contributed by atoms with Crippen molar-refractivity contribution < 1.29 is 4.79 Å². The first-order chi connectivity index (χ1) is 5.88. The third-order valence-electron chi connectivity index (χ3n) is 1.60. The summed E-state index contributed by atoms with van der Waals surface area (Å²) in [6.45, 7) is 0.467. The van der Waals surface area contributed by atoms with Crippen LogP contribution in [0.15, 0.2) is 23.3 Å². The number of amides is 1. The summed E-state index contributed by atoms with van der Waals surface area (Å²) < 4.78 is 0. The average Bonchev–Trinajstić information content (AvgIpc) is 2.29. The molecule has 4 heteroatoms. The Balaban J connectivity index is 2.56. The summed E-state index contributed by atoms with van der Waals surface area (Å²) in [5, 5.41) is 2.67. The average molecular weight is 161 g/mol. The number of rotatable bonds is 0. The number of hydrogen-bond donors (Lipinski definition) is 1. The minimum atomic E-state index is -0.115. The van der Waals surface area contributed by atoms with Crippen molar-refractivity contribution in [3.05, 3.63) is 23.9 Å². The molecule has 0 saturated heterocycles. The van der Waals surface area contributed by atoms with Gasteiger partial charge in [-0.25, -0.2) is 9.98 Å². The first-order valence-electron chi connectivity index (χ1n) is 3.63. The molecule has 2 rings (SSSR count). The van der Waals surface area contributed by atoms with Crippen molar-refractivity contribution in [1.29, 1.82) is 0 Å². The molecule has 1 amide bonds. The molecule has 1 N–H and O–H groups in total. The van der Waals surface area contributed by atoms with Crippen molar-refractivity contribution in [2.45, 2.75) is 0 Å². The summed E-state index contributed by atoms with van der Waals surface area (Å²) in [5.41, 5.74) is 0.534. The second-order valence-electron chi connectivity index (χ2n) is 2.40. The van der Waals surface area contributed by atoms with Crippen LogP contribution >= 0.6 is 0 Å². The number of nitrogens with one attached hydrogen (secondary N) is 1. The van der Waals surface area contributed by atoms with E-state index in [2.05, 4.69) is 15.3 Å². The predicted molar refractivity (Wildman–Crippen MR) is 44.7 cm³/mol. The monoisotopic (exact) mass is 161 g/mol. The minimum absolute atomic E-state index is 0.115. The quantitative estimate of drug-likeness (QED) is 0.603. The topological polar surface area (TPSA) is 54.4 Å². The molecule has 4 nitrogen and oxygen atoms in total. The molecule has 1 aliphatic heterocycles. The van der Waals surface area contributed by atoms with Gasteiger partial charge >= 0.3 is 0 Å². The Labute approximate surface area is 69.3 Å². The maximum absolute atomic E-state index is 11.3. The van der Waals surface area contributed by atoms with Crippen molar-refractivity contribution in [2.75, 3.05) is 6.54 Å². The molecule has 1 aromatic rings. The summed E-state index contributed by atoms with van der Waals surface area (Å²) in [6, 6.07) is 3.43. The summed E-state index contributed by atoms with van der Waals surface area (Å²) in [6.07, 6.45) is 3.26. The van der Waals surface area contributed by atoms with E-state index in [4.69, 9.17) is 0 Å². The maximum Gasteiger partial charge on any atom is 0.255 e. The number of aromatic nitrogens is 1. The van der Waals surface area contributed by atoms with Gasteiger partial charge < -0.3 is 5.32 Å². The van der Waals surface area contributed by atoms with Gasteiger partial charge in [0.1, 0.15) is 0 Å². The number of nitrogens with zero attached hydrogens (tertiary/aromatic N) is 2. The molecule has 0 saturated carbocycles. The Hall–Kier alpha value is -1.71. The summed E-state index contributed by atoms with van der Waals surface area (Å²) in [4.78, 5) is 19.3. The van der Waals surface area contributed by atoms with Crippen LogP contribution in [-0.2, 0) is 0 Å². The molecule has 0 atom stereocenters. The predicted octanol–water partition coefficient (Wildman–Crippen LogP) is 0.527. The van der Waals surface area contributed by atoms with Gasteiger partial charge in [0.2, 0.25) is 0 Å². The maximum atomic E-state index is 11.3. The molecule has 1 aliphatic rings. The van der Waals surface area contributed by atoms with Gasteiger partial charge in [0.15, 0.2) is 5.82 Å². The lowest BCUT2D eigenvalue weighted by atomic mass is 10.2. The molecule has 1 aromatic heterocycles. The number of hydrogen-bond acceptors (Lipinski definition) is 3. The van der Waals surface area contributed by atoms with Crippen molar-refractivity contribution >= 4 is 17.9 Å². The largest absolute Gasteiger partial charge is 0.347 e. The Morgan fingerprint density at radius 1 is 1.50 bits per heavy atom. The van der Waals surface area contributed by atoms with Crippen LogP contribution in [0.4, 0.5) is 5.82 Å². The minimum Gasteiger partial charge on any atom is -0.347 e. The van der Waals surface area contributed by atoms with E-state index in [1.54, 1.807) is 24.5 Å². The van der Waals surface area contributed by atoms with Crippen LogP contribution in [0.3, 0.4) is 0 Å². The van der Waals surface area contributed by atoms with E-state index in [0.717, 1.165) is 0 Å². The summed E-state index contributed by atoms with van der Waals surface area (Å²) in [5.74, 6) is 0.378. The van der Waals surface area contributed by atoms with E-state index in [0.29, 0.717) is 17.9 Å². The molecule has 0 radical (unpaired) electrons. The van der Waals surface area contributed by atoms with E-state index in [9.17, 15) is 4.79 Å². The summed E-state index contributed by atoms with van der Waals surface area (Å²) >= 11 is 0. The van der Waals surface area contributed by atoms with Crippen LogP contribution in [-0.4, -0.2) is 23.7 Å². The van der Waals surface area contributed by atoms with Gasteiger partial charge in [0.05, 0.1) is 12.1 Å². The highest BCUT2D eigenvalue weighted by Crippen LogP contribution is 2.15. The fraction of sp³-hybridized carbons (Fsp3) is 0.125. The van der Waals surface area contributed by atoms with Crippen LogP contribution in [0, 0.1) is 0 Å². The van der Waals surface area contributed by atoms with E-state index in [1.807, 2.05) is 0 Å². The molecule has 0 unspecified atom stereocenters. The molecule has 0 bridgehead atoms. The molecule has 60 valence electrons. The van der Waals surface area contributed by atoms with Gasteiger partial charge in [-0.2, -0.15) is 0 Å². The third-order valence-corrected chi connectivity index (χ3v) is 1.60. The molecular formula is C8H7N3O. The van der Waals surface area contributed by atoms with Crippen molar-refractivity contribution in [2.24, 2.45) is 4.99 Å². The number of pyridine rings is 1. The highest BCUT2D eigenvalue weighted by molar-refractivity contribution is 6.00. The number of carbonyl (C=O) groups is 1. The Bertz CT molecular complexity index is 346. The van der Waals surface area contributed by atoms with Gasteiger partial charge in [-0.1, -0.05) is 0 Å². The molecule has 0 aliphatic carbocycles. The standard InChI is InChI=1S/C8H7N3O/c12-8-6-2-1-3-9-7(6)10-4-5-11-8/h1-4H,5H2,(H,11,12). The highest BCUT2D eigenvalue weighted by atomic mass is 16.1. The second-order valence-corrected chi connectivity index (χ2v) is 2.40. The normalized spacial score (nSPS) is 14.8. The lowest BCUT2D eigenvalue weighted by Gasteiger charge is -1.99. The SMILES string of the molecule is O=C1NCC=Nc2ncccc21. The van der Waals surface area contributed by atoms with E-state index in [-0.39, 0.29) is 5.91 Å². The van der Waals surface area contributed by atoms with Gasteiger partial charge in [-0.05, 0) is 12.1 Å². The van der Waals surface area contributed by atoms with Crippen molar-refractivity contribution in [3.8, 4) is 0 Å². The van der Waals surface area contributed by atoms with E-state index >= 15 is 0 Å².